The van der Waals surface area contributed by atoms with Gasteiger partial charge in [-0.15, -0.1) is 0 Å². The van der Waals surface area contributed by atoms with Crippen LogP contribution in [0.4, 0.5) is 0 Å². The summed E-state index contributed by atoms with van der Waals surface area (Å²) < 4.78 is 39.3. The van der Waals surface area contributed by atoms with Crippen molar-refractivity contribution >= 4 is 22.1 Å². The summed E-state index contributed by atoms with van der Waals surface area (Å²) in [5.41, 5.74) is 4.35. The van der Waals surface area contributed by atoms with Crippen molar-refractivity contribution in [2.45, 2.75) is 49.6 Å². The fourth-order valence-corrected chi connectivity index (χ4v) is 7.26. The van der Waals surface area contributed by atoms with E-state index in [1.165, 1.54) is 44.5 Å². The van der Waals surface area contributed by atoms with Gasteiger partial charge in [-0.05, 0) is 91.6 Å². The molecule has 4 rings (SSSR count). The molecule has 3 aromatic rings. The molecule has 10 heteroatoms. The van der Waals surface area contributed by atoms with Crippen LogP contribution in [-0.4, -0.2) is 74.9 Å². The number of ether oxygens (including phenoxy) is 2. The molecular weight excluding hydrogens is 580 g/mol. The second-order valence-corrected chi connectivity index (χ2v) is 14.0. The number of fused-ring (bicyclic) bond motifs is 1. The normalized spacial score (nSPS) is 14.6. The number of aliphatic hydroxyl groups is 1. The number of likely N-dealkylation sites (N-methyl/N-ethyl adjacent to an activating group) is 1. The molecule has 0 unspecified atom stereocenters. The monoisotopic (exact) mass is 622 g/mol. The number of sulfonamides is 1. The summed E-state index contributed by atoms with van der Waals surface area (Å²) in [4.78, 5) is 11.0. The fraction of sp³-hybridized carbons (Fsp3) is 0.382. The number of nitrogens with one attached hydrogen (secondary N) is 1. The first-order chi connectivity index (χ1) is 20.8. The van der Waals surface area contributed by atoms with Gasteiger partial charge in [-0.2, -0.15) is 4.31 Å². The molecule has 3 N–H and O–H groups in total. The molecule has 0 radical (unpaired) electrons. The van der Waals surface area contributed by atoms with Crippen molar-refractivity contribution in [1.29, 1.82) is 0 Å². The molecule has 44 heavy (non-hydrogen) atoms. The van der Waals surface area contributed by atoms with E-state index in [2.05, 4.69) is 43.4 Å². The van der Waals surface area contributed by atoms with Crippen LogP contribution in [0.1, 0.15) is 37.0 Å². The molecule has 0 saturated carbocycles. The highest BCUT2D eigenvalue weighted by molar-refractivity contribution is 7.89. The third kappa shape index (κ3) is 8.06. The maximum atomic E-state index is 13.7. The van der Waals surface area contributed by atoms with Crippen molar-refractivity contribution in [2.75, 3.05) is 34.4 Å². The first kappa shape index (κ1) is 33.2. The number of benzene rings is 3. The van der Waals surface area contributed by atoms with Crippen molar-refractivity contribution in [1.82, 2.24) is 9.62 Å². The van der Waals surface area contributed by atoms with Crippen LogP contribution in [0.3, 0.4) is 0 Å². The maximum Gasteiger partial charge on any atom is 0.328 e. The minimum Gasteiger partial charge on any atom is -0.496 e. The quantitative estimate of drug-likeness (QED) is 0.223. The van der Waals surface area contributed by atoms with E-state index in [4.69, 9.17) is 14.6 Å². The lowest BCUT2D eigenvalue weighted by Gasteiger charge is -2.31. The minimum absolute atomic E-state index is 0.0419. The van der Waals surface area contributed by atoms with Gasteiger partial charge in [0, 0.05) is 37.3 Å². The van der Waals surface area contributed by atoms with Crippen LogP contribution >= 0.6 is 0 Å². The maximum absolute atomic E-state index is 13.7. The average Bonchev–Trinajstić information content (AvgIpc) is 3.40. The first-order valence-electron chi connectivity index (χ1n) is 14.6. The topological polar surface area (TPSA) is 125 Å². The molecule has 0 aliphatic heterocycles. The summed E-state index contributed by atoms with van der Waals surface area (Å²) >= 11 is 0. The summed E-state index contributed by atoms with van der Waals surface area (Å²) in [6, 6.07) is 18.5. The number of carbonyl (C=O) groups is 1. The molecule has 0 heterocycles. The van der Waals surface area contributed by atoms with Gasteiger partial charge in [-0.25, -0.2) is 13.2 Å². The predicted molar refractivity (Wildman–Crippen MR) is 172 cm³/mol. The Labute approximate surface area is 260 Å². The Morgan fingerprint density at radius 2 is 1.61 bits per heavy atom. The van der Waals surface area contributed by atoms with Gasteiger partial charge in [0.15, 0.2) is 0 Å². The van der Waals surface area contributed by atoms with Crippen LogP contribution in [0, 0.1) is 5.92 Å². The smallest absolute Gasteiger partial charge is 0.328 e. The average molecular weight is 623 g/mol. The van der Waals surface area contributed by atoms with Crippen molar-refractivity contribution in [3.8, 4) is 22.6 Å². The van der Waals surface area contributed by atoms with E-state index in [9.17, 15) is 18.3 Å². The number of rotatable bonds is 14. The van der Waals surface area contributed by atoms with Gasteiger partial charge in [0.2, 0.25) is 10.0 Å². The van der Waals surface area contributed by atoms with Crippen LogP contribution in [0.15, 0.2) is 71.6 Å². The number of hydrogen-bond acceptors (Lipinski definition) is 7. The van der Waals surface area contributed by atoms with Crippen molar-refractivity contribution in [3.63, 3.8) is 0 Å². The highest BCUT2D eigenvalue weighted by Gasteiger charge is 2.30. The number of nitrogens with zero attached hydrogens (tertiary/aromatic N) is 1. The van der Waals surface area contributed by atoms with E-state index in [-0.39, 0.29) is 29.3 Å². The Kier molecular flexibility index (Phi) is 10.5. The minimum atomic E-state index is -4.05. The fourth-order valence-electron chi connectivity index (χ4n) is 5.87. The second kappa shape index (κ2) is 13.9. The zero-order valence-electron chi connectivity index (χ0n) is 25.9. The zero-order chi connectivity index (χ0) is 32.1. The number of carboxylic acid groups (broad SMARTS) is 1. The third-order valence-electron chi connectivity index (χ3n) is 8.04. The number of β-amino-alcohol motifs (C(OH)–C–C–N with tert-alkyl or cyclic N) is 1. The first-order valence-corrected chi connectivity index (χ1v) is 16.0. The summed E-state index contributed by atoms with van der Waals surface area (Å²) in [7, 11) is 0.277. The molecule has 0 amide bonds. The lowest BCUT2D eigenvalue weighted by atomic mass is 9.88. The van der Waals surface area contributed by atoms with Gasteiger partial charge in [0.1, 0.15) is 16.4 Å². The van der Waals surface area contributed by atoms with Gasteiger partial charge in [0.25, 0.3) is 0 Å². The molecule has 1 aliphatic carbocycles. The molecule has 9 nitrogen and oxygen atoms in total. The molecule has 0 spiro atoms. The standard InChI is InChI=1S/C34H42N2O7S/c1-34(2,20-23-16-24-8-6-7-9-25(24)17-23)35-21-29(37)22-36(3)44(40,41)32-19-27(11-14-31(32)43-5)26-10-13-30(42-4)28(18-26)12-15-33(38)39/h6-15,18-19,23,29,35,37H,16-17,20-22H2,1-5H3,(H,38,39)/t29-/m1/s1. The van der Waals surface area contributed by atoms with E-state index in [1.807, 2.05) is 0 Å². The van der Waals surface area contributed by atoms with Crippen LogP contribution in [-0.2, 0) is 27.7 Å². The van der Waals surface area contributed by atoms with E-state index in [0.29, 0.717) is 28.4 Å². The van der Waals surface area contributed by atoms with Gasteiger partial charge in [-0.3, -0.25) is 0 Å². The Balaban J connectivity index is 1.45. The number of hydrogen-bond donors (Lipinski definition) is 3. The van der Waals surface area contributed by atoms with Crippen LogP contribution in [0.25, 0.3) is 17.2 Å². The van der Waals surface area contributed by atoms with Gasteiger partial charge >= 0.3 is 5.97 Å². The number of aliphatic carboxylic acids is 1. The van der Waals surface area contributed by atoms with Crippen LogP contribution < -0.4 is 14.8 Å². The molecule has 0 saturated heterocycles. The van der Waals surface area contributed by atoms with Gasteiger partial charge in [0.05, 0.1) is 20.3 Å². The predicted octanol–water partition coefficient (Wildman–Crippen LogP) is 4.62. The van der Waals surface area contributed by atoms with Gasteiger partial charge in [-0.1, -0.05) is 36.4 Å². The molecule has 3 aromatic carbocycles. The van der Waals surface area contributed by atoms with Crippen LogP contribution in [0.2, 0.25) is 0 Å². The number of methoxy groups -OCH3 is 2. The zero-order valence-corrected chi connectivity index (χ0v) is 26.7. The highest BCUT2D eigenvalue weighted by Crippen LogP contribution is 2.34. The molecule has 0 aromatic heterocycles. The Hall–Kier alpha value is -3.70. The second-order valence-electron chi connectivity index (χ2n) is 11.9. The van der Waals surface area contributed by atoms with Crippen molar-refractivity contribution < 1.29 is 32.9 Å². The summed E-state index contributed by atoms with van der Waals surface area (Å²) in [5, 5.41) is 23.4. The molecule has 1 atom stereocenters. The van der Waals surface area contributed by atoms with E-state index >= 15 is 0 Å². The summed E-state index contributed by atoms with van der Waals surface area (Å²) in [6.45, 7) is 4.35. The van der Waals surface area contributed by atoms with Gasteiger partial charge < -0.3 is 25.0 Å². The van der Waals surface area contributed by atoms with Crippen molar-refractivity contribution in [3.05, 3.63) is 83.4 Å². The summed E-state index contributed by atoms with van der Waals surface area (Å²) in [6.07, 6.45) is 4.52. The molecular formula is C34H42N2O7S. The highest BCUT2D eigenvalue weighted by atomic mass is 32.2. The lowest BCUT2D eigenvalue weighted by molar-refractivity contribution is -0.131. The molecule has 1 aliphatic rings. The van der Waals surface area contributed by atoms with E-state index < -0.39 is 22.1 Å². The molecule has 0 fully saturated rings. The van der Waals surface area contributed by atoms with Crippen molar-refractivity contribution in [2.24, 2.45) is 5.92 Å². The number of carboxylic acids is 1. The lowest BCUT2D eigenvalue weighted by Crippen LogP contribution is -2.47. The third-order valence-corrected chi connectivity index (χ3v) is 9.88. The number of aliphatic hydroxyl groups excluding tert-OH is 1. The Bertz CT molecular complexity index is 1590. The molecule has 236 valence electrons. The van der Waals surface area contributed by atoms with E-state index in [1.54, 1.807) is 30.3 Å². The largest absolute Gasteiger partial charge is 0.496 e. The van der Waals surface area contributed by atoms with Crippen LogP contribution in [0.5, 0.6) is 11.5 Å². The summed E-state index contributed by atoms with van der Waals surface area (Å²) in [5.74, 6) is 0.0711. The Morgan fingerprint density at radius 3 is 2.20 bits per heavy atom. The SMILES string of the molecule is COc1ccc(-c2ccc(OC)c(S(=O)(=O)N(C)C[C@H](O)CNC(C)(C)CC3Cc4ccccc4C3)c2)cc1C=CC(=O)O. The Morgan fingerprint density at radius 1 is 1.02 bits per heavy atom. The van der Waals surface area contributed by atoms with E-state index in [0.717, 1.165) is 29.6 Å². The molecule has 0 bridgehead atoms.